The van der Waals surface area contributed by atoms with Crippen molar-refractivity contribution in [1.82, 2.24) is 15.2 Å². The lowest BCUT2D eigenvalue weighted by Gasteiger charge is -2.46. The summed E-state index contributed by atoms with van der Waals surface area (Å²) in [5, 5.41) is 56.2. The predicted octanol–water partition coefficient (Wildman–Crippen LogP) is 1.95. The number of nitrogens with zero attached hydrogens (tertiary/aromatic N) is 2. The van der Waals surface area contributed by atoms with Crippen LogP contribution in [0.1, 0.15) is 46.8 Å². The van der Waals surface area contributed by atoms with Crippen molar-refractivity contribution in [3.8, 4) is 0 Å². The highest BCUT2D eigenvalue weighted by Crippen LogP contribution is 2.47. The summed E-state index contributed by atoms with van der Waals surface area (Å²) in [5.74, 6) is -3.56. The molecule has 1 aromatic heterocycles. The first kappa shape index (κ1) is 40.3. The maximum atomic E-state index is 12.9. The highest BCUT2D eigenvalue weighted by Gasteiger charge is 2.72. The molecule has 1 aliphatic heterocycles. The summed E-state index contributed by atoms with van der Waals surface area (Å²) in [4.78, 5) is 42.6. The molecule has 0 aliphatic carbocycles. The molecule has 2 amide bonds. The number of methoxy groups -OCH3 is 1. The van der Waals surface area contributed by atoms with E-state index >= 15 is 0 Å². The monoisotopic (exact) mass is 673 g/mol. The third-order valence-corrected chi connectivity index (χ3v) is 9.28. The van der Waals surface area contributed by atoms with E-state index in [9.17, 15) is 39.9 Å². The summed E-state index contributed by atoms with van der Waals surface area (Å²) in [6.07, 6.45) is 15.8. The van der Waals surface area contributed by atoms with E-state index in [1.54, 1.807) is 64.3 Å². The van der Waals surface area contributed by atoms with Gasteiger partial charge in [0.15, 0.2) is 11.9 Å². The van der Waals surface area contributed by atoms with Crippen LogP contribution in [0.3, 0.4) is 0 Å². The number of carbonyl (C=O) groups is 3. The van der Waals surface area contributed by atoms with Crippen molar-refractivity contribution >= 4 is 17.8 Å². The number of nitrogens with one attached hydrogen (secondary N) is 1. The van der Waals surface area contributed by atoms with E-state index in [0.717, 1.165) is 10.7 Å². The minimum absolute atomic E-state index is 0.0275. The molecule has 48 heavy (non-hydrogen) atoms. The number of allylic oxidation sites excluding steroid dienone is 7. The molecule has 1 fully saturated rings. The van der Waals surface area contributed by atoms with Crippen molar-refractivity contribution in [3.05, 3.63) is 78.6 Å². The van der Waals surface area contributed by atoms with Gasteiger partial charge in [-0.3, -0.25) is 9.59 Å². The lowest BCUT2D eigenvalue weighted by atomic mass is 9.70. The van der Waals surface area contributed by atoms with Crippen molar-refractivity contribution in [2.45, 2.75) is 76.9 Å². The zero-order chi connectivity index (χ0) is 36.3. The van der Waals surface area contributed by atoms with Gasteiger partial charge in [-0.2, -0.15) is 0 Å². The second kappa shape index (κ2) is 17.5. The number of oxazole rings is 1. The molecule has 1 saturated heterocycles. The molecule has 0 bridgehead atoms. The summed E-state index contributed by atoms with van der Waals surface area (Å²) in [6.45, 7) is 7.25. The van der Waals surface area contributed by atoms with Crippen LogP contribution in [-0.4, -0.2) is 110 Å². The SMILES string of the molecule is CO[C@@H](C[C@@H](C)[C@@H](O)/C=C/C=C/CNC(=O)C(C)(C)[C@H](O)\C(C)=C/C=C\C=C\Cc1cnco1)[C@]1(O)[C@@H](C)C(=O)N(C)[C@]1(CO)C(=O)O. The van der Waals surface area contributed by atoms with Crippen LogP contribution < -0.4 is 5.32 Å². The molecule has 266 valence electrons. The number of aromatic nitrogens is 1. The molecule has 2 heterocycles. The number of aliphatic hydroxyl groups is 4. The fourth-order valence-electron chi connectivity index (χ4n) is 5.94. The maximum Gasteiger partial charge on any atom is 0.335 e. The topological polar surface area (TPSA) is 203 Å². The number of hydrogen-bond donors (Lipinski definition) is 6. The number of aliphatic carboxylic acids is 1. The van der Waals surface area contributed by atoms with Crippen LogP contribution in [-0.2, 0) is 25.5 Å². The van der Waals surface area contributed by atoms with Crippen LogP contribution in [0, 0.1) is 17.3 Å². The van der Waals surface area contributed by atoms with Gasteiger partial charge in [0, 0.05) is 27.1 Å². The van der Waals surface area contributed by atoms with E-state index in [1.165, 1.54) is 33.6 Å². The van der Waals surface area contributed by atoms with Gasteiger partial charge in [-0.15, -0.1) is 0 Å². The minimum atomic E-state index is -2.33. The average molecular weight is 674 g/mol. The smallest absolute Gasteiger partial charge is 0.335 e. The van der Waals surface area contributed by atoms with Crippen molar-refractivity contribution in [1.29, 1.82) is 0 Å². The second-order valence-electron chi connectivity index (χ2n) is 12.7. The molecule has 6 N–H and O–H groups in total. The first-order chi connectivity index (χ1) is 22.5. The number of carboxylic acid groups (broad SMARTS) is 1. The highest BCUT2D eigenvalue weighted by atomic mass is 16.5. The van der Waals surface area contributed by atoms with Gasteiger partial charge >= 0.3 is 5.97 Å². The summed E-state index contributed by atoms with van der Waals surface area (Å²) in [6, 6.07) is 0. The predicted molar refractivity (Wildman–Crippen MR) is 178 cm³/mol. The third-order valence-electron chi connectivity index (χ3n) is 9.28. The molecular weight excluding hydrogens is 622 g/mol. The summed E-state index contributed by atoms with van der Waals surface area (Å²) < 4.78 is 10.7. The number of hydrogen-bond acceptors (Lipinski definition) is 10. The second-order valence-corrected chi connectivity index (χ2v) is 12.7. The zero-order valence-electron chi connectivity index (χ0n) is 28.7. The Bertz CT molecular complexity index is 1380. The molecule has 13 nitrogen and oxygen atoms in total. The van der Waals surface area contributed by atoms with Gasteiger partial charge in [0.2, 0.25) is 11.8 Å². The van der Waals surface area contributed by atoms with Gasteiger partial charge in [-0.25, -0.2) is 9.78 Å². The van der Waals surface area contributed by atoms with Crippen LogP contribution in [0.2, 0.25) is 0 Å². The minimum Gasteiger partial charge on any atom is -0.479 e. The Hall–Kier alpha value is -3.88. The van der Waals surface area contributed by atoms with Gasteiger partial charge in [0.1, 0.15) is 11.4 Å². The quantitative estimate of drug-likeness (QED) is 0.124. The number of rotatable bonds is 18. The molecule has 0 saturated carbocycles. The van der Waals surface area contributed by atoms with Gasteiger partial charge in [0.05, 0.1) is 42.4 Å². The molecule has 2 rings (SSSR count). The van der Waals surface area contributed by atoms with Crippen LogP contribution in [0.25, 0.3) is 0 Å². The number of amides is 2. The van der Waals surface area contributed by atoms with Gasteiger partial charge in [-0.05, 0) is 38.7 Å². The molecular formula is C35H51N3O10. The first-order valence-electron chi connectivity index (χ1n) is 15.8. The van der Waals surface area contributed by atoms with E-state index in [0.29, 0.717) is 12.0 Å². The van der Waals surface area contributed by atoms with Gasteiger partial charge < -0.3 is 44.9 Å². The molecule has 0 aromatic carbocycles. The van der Waals surface area contributed by atoms with Crippen LogP contribution >= 0.6 is 0 Å². The number of likely N-dealkylation sites (tertiary alicyclic amines) is 1. The van der Waals surface area contributed by atoms with Crippen LogP contribution in [0.5, 0.6) is 0 Å². The zero-order valence-corrected chi connectivity index (χ0v) is 28.7. The van der Waals surface area contributed by atoms with E-state index in [2.05, 4.69) is 10.3 Å². The number of ether oxygens (including phenoxy) is 1. The molecule has 7 atom stereocenters. The molecule has 0 unspecified atom stereocenters. The highest BCUT2D eigenvalue weighted by molar-refractivity contribution is 5.95. The van der Waals surface area contributed by atoms with E-state index in [-0.39, 0.29) is 18.9 Å². The van der Waals surface area contributed by atoms with Crippen LogP contribution in [0.4, 0.5) is 0 Å². The Balaban J connectivity index is 1.92. The Morgan fingerprint density at radius 2 is 1.85 bits per heavy atom. The fraction of sp³-hybridized carbons (Fsp3) is 0.543. The summed E-state index contributed by atoms with van der Waals surface area (Å²) in [7, 11) is 2.49. The Kier molecular flexibility index (Phi) is 14.7. The van der Waals surface area contributed by atoms with Crippen molar-refractivity contribution in [3.63, 3.8) is 0 Å². The molecule has 1 aromatic rings. The fourth-order valence-corrected chi connectivity index (χ4v) is 5.94. The normalized spacial score (nSPS) is 25.1. The summed E-state index contributed by atoms with van der Waals surface area (Å²) >= 11 is 0. The van der Waals surface area contributed by atoms with E-state index in [1.807, 2.05) is 18.2 Å². The van der Waals surface area contributed by atoms with E-state index in [4.69, 9.17) is 9.15 Å². The number of aliphatic hydroxyl groups excluding tert-OH is 3. The lowest BCUT2D eigenvalue weighted by molar-refractivity contribution is -0.198. The Morgan fingerprint density at radius 3 is 2.44 bits per heavy atom. The third kappa shape index (κ3) is 8.58. The Morgan fingerprint density at radius 1 is 1.19 bits per heavy atom. The van der Waals surface area contributed by atoms with Crippen molar-refractivity contribution in [2.75, 3.05) is 27.3 Å². The molecule has 1 aliphatic rings. The number of likely N-dealkylation sites (N-methyl/N-ethyl adjacent to an activating group) is 1. The maximum absolute atomic E-state index is 12.9. The standard InChI is InChI=1S/C35H51N3O10/c1-23(15-11-8-9-12-16-26-20-36-22-48-26)29(41)33(4,5)31(43)37-18-14-10-13-17-27(40)24(2)19-28(47-7)35(46)25(3)30(42)38(6)34(35,21-39)32(44)45/h8-15,17,20,22,24-25,27-29,39-41,46H,16,18-19,21H2,1-7H3,(H,37,43)(H,44,45)/b11-8-,12-9+,14-10+,17-13+,23-15-/t24-,25+,27+,28+,29-,34-,35-/m1/s1. The van der Waals surface area contributed by atoms with E-state index < -0.39 is 65.2 Å². The number of carbonyl (C=O) groups excluding carboxylic acids is 2. The molecule has 0 radical (unpaired) electrons. The first-order valence-corrected chi connectivity index (χ1v) is 15.8. The van der Waals surface area contributed by atoms with Gasteiger partial charge in [0.25, 0.3) is 0 Å². The number of carboxylic acids is 1. The lowest BCUT2D eigenvalue weighted by Crippen LogP contribution is -2.70. The Labute approximate surface area is 282 Å². The van der Waals surface area contributed by atoms with Crippen LogP contribution in [0.15, 0.2) is 77.3 Å². The van der Waals surface area contributed by atoms with Crippen molar-refractivity contribution < 1.29 is 49.1 Å². The summed E-state index contributed by atoms with van der Waals surface area (Å²) in [5.41, 5.74) is -5.11. The largest absolute Gasteiger partial charge is 0.479 e. The molecule has 0 spiro atoms. The average Bonchev–Trinajstić information content (AvgIpc) is 3.63. The molecule has 13 heteroatoms. The van der Waals surface area contributed by atoms with Gasteiger partial charge in [-0.1, -0.05) is 68.5 Å². The van der Waals surface area contributed by atoms with Crippen molar-refractivity contribution in [2.24, 2.45) is 17.3 Å².